The van der Waals surface area contributed by atoms with Gasteiger partial charge in [-0.15, -0.1) is 10.2 Å². The first-order chi connectivity index (χ1) is 19.7. The summed E-state index contributed by atoms with van der Waals surface area (Å²) in [4.78, 5) is 75.7. The number of Topliss-reactive ketones (excluding diaryl/α,β-unsaturated/α-hetero) is 1. The molecule has 4 saturated carbocycles. The van der Waals surface area contributed by atoms with Gasteiger partial charge in [-0.3, -0.25) is 28.8 Å². The van der Waals surface area contributed by atoms with E-state index in [1.165, 1.54) is 29.3 Å². The van der Waals surface area contributed by atoms with Gasteiger partial charge in [-0.25, -0.2) is 0 Å². The van der Waals surface area contributed by atoms with Crippen LogP contribution in [-0.2, 0) is 25.7 Å². The van der Waals surface area contributed by atoms with Crippen LogP contribution in [-0.4, -0.2) is 73.2 Å². The van der Waals surface area contributed by atoms with E-state index in [4.69, 9.17) is 0 Å². The first-order valence-electron chi connectivity index (χ1n) is 13.9. The number of amides is 4. The number of hydrogen-bond donors (Lipinski definition) is 5. The average molecular weight is 568 g/mol. The zero-order valence-corrected chi connectivity index (χ0v) is 22.6. The van der Waals surface area contributed by atoms with Crippen LogP contribution in [0.5, 0.6) is 0 Å². The molecule has 0 spiro atoms. The molecule has 0 aliphatic heterocycles. The van der Waals surface area contributed by atoms with Crippen molar-refractivity contribution < 1.29 is 24.0 Å². The van der Waals surface area contributed by atoms with Crippen molar-refractivity contribution in [3.05, 3.63) is 34.5 Å². The lowest BCUT2D eigenvalue weighted by Crippen LogP contribution is -2.46. The molecule has 4 aliphatic rings. The molecule has 4 amide bonds. The molecule has 4 bridgehead atoms. The number of aromatic amines is 1. The molecule has 41 heavy (non-hydrogen) atoms. The Labute approximate surface area is 234 Å². The maximum Gasteiger partial charge on any atom is 0.293 e. The van der Waals surface area contributed by atoms with Crippen LogP contribution in [0.3, 0.4) is 0 Å². The summed E-state index contributed by atoms with van der Waals surface area (Å²) < 4.78 is 1.21. The molecule has 4 fully saturated rings. The minimum Gasteiger partial charge on any atom is -0.351 e. The Morgan fingerprint density at radius 3 is 2.66 bits per heavy atom. The van der Waals surface area contributed by atoms with Crippen molar-refractivity contribution >= 4 is 35.1 Å². The topological polar surface area (TPSA) is 210 Å². The summed E-state index contributed by atoms with van der Waals surface area (Å²) in [7, 11) is 0. The Hall–Kier alpha value is -4.43. The van der Waals surface area contributed by atoms with Gasteiger partial charge in [0.05, 0.1) is 0 Å². The fourth-order valence-corrected chi connectivity index (χ4v) is 6.72. The van der Waals surface area contributed by atoms with E-state index in [1.807, 2.05) is 0 Å². The van der Waals surface area contributed by atoms with E-state index in [0.717, 1.165) is 25.2 Å². The highest BCUT2D eigenvalue weighted by molar-refractivity contribution is 6.36. The third-order valence-electron chi connectivity index (χ3n) is 8.40. The molecule has 5 N–H and O–H groups in total. The number of H-pyrrole nitrogens is 1. The largest absolute Gasteiger partial charge is 0.351 e. The number of aromatic nitrogens is 5. The Morgan fingerprint density at radius 1 is 1.12 bits per heavy atom. The highest BCUT2D eigenvalue weighted by Gasteiger charge is 2.54. The fraction of sp³-hybridized carbons (Fsp3) is 0.577. The monoisotopic (exact) mass is 567 g/mol. The molecule has 6 rings (SSSR count). The second kappa shape index (κ2) is 12.0. The van der Waals surface area contributed by atoms with E-state index in [-0.39, 0.29) is 49.4 Å². The molecule has 6 atom stereocenters. The number of likely N-dealkylation sites (N-methyl/N-ethyl adjacent to an activating group) is 1. The van der Waals surface area contributed by atoms with E-state index in [0.29, 0.717) is 17.8 Å². The fourth-order valence-electron chi connectivity index (χ4n) is 6.72. The third kappa shape index (κ3) is 6.18. The quantitative estimate of drug-likeness (QED) is 0.202. The van der Waals surface area contributed by atoms with E-state index >= 15 is 0 Å². The highest BCUT2D eigenvalue weighted by atomic mass is 16.2. The number of carbonyl (C=O) groups is 5. The summed E-state index contributed by atoms with van der Waals surface area (Å²) in [6.45, 7) is 1.71. The van der Waals surface area contributed by atoms with Crippen molar-refractivity contribution in [3.63, 3.8) is 0 Å². The molecule has 2 aromatic heterocycles. The Bertz CT molecular complexity index is 1390. The first-order valence-corrected chi connectivity index (χ1v) is 13.9. The number of nitrogens with one attached hydrogen (secondary N) is 5. The van der Waals surface area contributed by atoms with Crippen LogP contribution in [0.4, 0.5) is 5.69 Å². The van der Waals surface area contributed by atoms with Crippen molar-refractivity contribution in [2.24, 2.45) is 23.7 Å². The van der Waals surface area contributed by atoms with Crippen LogP contribution in [0.15, 0.2) is 23.1 Å². The molecular formula is C26H33N9O6. The van der Waals surface area contributed by atoms with Gasteiger partial charge in [0.1, 0.15) is 18.3 Å². The van der Waals surface area contributed by atoms with E-state index in [1.54, 1.807) is 6.92 Å². The molecule has 0 saturated heterocycles. The summed E-state index contributed by atoms with van der Waals surface area (Å²) in [6.07, 6.45) is 5.61. The summed E-state index contributed by atoms with van der Waals surface area (Å²) in [5.74, 6) is -1.33. The predicted molar refractivity (Wildman–Crippen MR) is 142 cm³/mol. The van der Waals surface area contributed by atoms with Crippen LogP contribution in [0, 0.1) is 23.7 Å². The summed E-state index contributed by atoms with van der Waals surface area (Å²) >= 11 is 0. The molecule has 4 aliphatic carbocycles. The molecular weight excluding hydrogens is 534 g/mol. The number of ketones is 1. The smallest absolute Gasteiger partial charge is 0.293 e. The van der Waals surface area contributed by atoms with Gasteiger partial charge >= 0.3 is 0 Å². The van der Waals surface area contributed by atoms with E-state index in [2.05, 4.69) is 41.9 Å². The van der Waals surface area contributed by atoms with Crippen LogP contribution >= 0.6 is 0 Å². The van der Waals surface area contributed by atoms with E-state index < -0.39 is 35.1 Å². The molecule has 0 aromatic carbocycles. The second-order valence-electron chi connectivity index (χ2n) is 11.0. The van der Waals surface area contributed by atoms with Crippen molar-refractivity contribution in [2.75, 3.05) is 11.9 Å². The minimum absolute atomic E-state index is 0.113. The number of tetrazole rings is 1. The minimum atomic E-state index is -1.32. The van der Waals surface area contributed by atoms with Gasteiger partial charge in [0.2, 0.25) is 17.6 Å². The zero-order chi connectivity index (χ0) is 29.1. The SMILES string of the molecule is CCNC(=O)C(=O)CC[C@H](NC(=O)c1nn[nH]n1)C(=O)Nc1cccn(CC(=O)NC2C3CC4CC(C3)C2C4)c1=O. The first kappa shape index (κ1) is 28.1. The number of rotatable bonds is 12. The summed E-state index contributed by atoms with van der Waals surface area (Å²) in [5.41, 5.74) is -0.718. The van der Waals surface area contributed by atoms with Crippen molar-refractivity contribution in [1.29, 1.82) is 0 Å². The number of carbonyl (C=O) groups excluding carboxylic acids is 5. The van der Waals surface area contributed by atoms with Gasteiger partial charge in [0.25, 0.3) is 23.2 Å². The highest BCUT2D eigenvalue weighted by Crippen LogP contribution is 2.58. The van der Waals surface area contributed by atoms with Crippen LogP contribution < -0.4 is 26.8 Å². The third-order valence-corrected chi connectivity index (χ3v) is 8.40. The van der Waals surface area contributed by atoms with Gasteiger partial charge in [-0.1, -0.05) is 0 Å². The molecule has 218 valence electrons. The van der Waals surface area contributed by atoms with Crippen molar-refractivity contribution in [2.45, 2.75) is 64.1 Å². The zero-order valence-electron chi connectivity index (χ0n) is 22.6. The normalized spacial score (nSPS) is 24.5. The van der Waals surface area contributed by atoms with Gasteiger partial charge < -0.3 is 25.8 Å². The van der Waals surface area contributed by atoms with Crippen molar-refractivity contribution in [1.82, 2.24) is 41.1 Å². The number of hydrogen-bond acceptors (Lipinski definition) is 9. The summed E-state index contributed by atoms with van der Waals surface area (Å²) in [5, 5.41) is 23.0. The molecule has 5 unspecified atom stereocenters. The standard InChI is InChI=1S/C26H33N9O6/c1-2-27-24(39)19(36)6-5-17(28-25(40)22-31-33-34-32-22)23(38)29-18-4-3-7-35(26(18)41)12-20(37)30-21-15-9-13-8-14(11-15)16(21)10-13/h3-4,7,13-17,21H,2,5-6,8-12H2,1H3,(H,27,39)(H,28,40)(H,29,38)(H,30,37)(H,31,32,33,34)/t13?,14?,15?,16?,17-,21?/m0/s1. The lowest BCUT2D eigenvalue weighted by Gasteiger charge is -2.32. The molecule has 2 heterocycles. The molecule has 15 heteroatoms. The van der Waals surface area contributed by atoms with Gasteiger partial charge in [-0.2, -0.15) is 5.21 Å². The summed E-state index contributed by atoms with van der Waals surface area (Å²) in [6, 6.07) is 1.73. The van der Waals surface area contributed by atoms with Crippen LogP contribution in [0.2, 0.25) is 0 Å². The number of nitrogens with zero attached hydrogens (tertiary/aromatic N) is 4. The van der Waals surface area contributed by atoms with Crippen molar-refractivity contribution in [3.8, 4) is 0 Å². The average Bonchev–Trinajstić information content (AvgIpc) is 3.64. The van der Waals surface area contributed by atoms with Crippen LogP contribution in [0.1, 0.15) is 56.1 Å². The number of pyridine rings is 1. The molecule has 0 radical (unpaired) electrons. The van der Waals surface area contributed by atoms with E-state index in [9.17, 15) is 28.8 Å². The molecule has 15 nitrogen and oxygen atoms in total. The molecule has 2 aromatic rings. The Morgan fingerprint density at radius 2 is 1.93 bits per heavy atom. The van der Waals surface area contributed by atoms with Gasteiger partial charge in [-0.05, 0) is 80.0 Å². The lowest BCUT2D eigenvalue weighted by molar-refractivity contribution is -0.138. The number of anilines is 1. The maximum atomic E-state index is 13.2. The maximum absolute atomic E-state index is 13.2. The van der Waals surface area contributed by atoms with Crippen LogP contribution in [0.25, 0.3) is 0 Å². The van der Waals surface area contributed by atoms with Gasteiger partial charge in [0, 0.05) is 25.2 Å². The Kier molecular flexibility index (Phi) is 8.21. The Balaban J connectivity index is 1.23. The second-order valence-corrected chi connectivity index (χ2v) is 11.0. The lowest BCUT2D eigenvalue weighted by atomic mass is 9.79. The predicted octanol–water partition coefficient (Wildman–Crippen LogP) is -0.865. The van der Waals surface area contributed by atoms with Gasteiger partial charge in [0.15, 0.2) is 0 Å².